The third kappa shape index (κ3) is 4.66. The number of pyridine rings is 1. The van der Waals surface area contributed by atoms with Crippen molar-refractivity contribution in [2.75, 3.05) is 12.4 Å². The molecule has 2 aromatic heterocycles. The van der Waals surface area contributed by atoms with E-state index in [1.54, 1.807) is 31.3 Å². The summed E-state index contributed by atoms with van der Waals surface area (Å²) in [6.45, 7) is 3.06. The van der Waals surface area contributed by atoms with Crippen molar-refractivity contribution in [1.29, 1.82) is 0 Å². The molecule has 0 aliphatic heterocycles. The number of carbonyl (C=O) groups excluding carboxylic acids is 2. The maximum Gasteiger partial charge on any atom is 0.342 e. The molecule has 160 valence electrons. The van der Waals surface area contributed by atoms with Gasteiger partial charge < -0.3 is 14.8 Å². The van der Waals surface area contributed by atoms with Gasteiger partial charge in [0, 0.05) is 18.3 Å². The Morgan fingerprint density at radius 2 is 2.03 bits per heavy atom. The van der Waals surface area contributed by atoms with Crippen LogP contribution in [-0.4, -0.2) is 44.8 Å². The monoisotopic (exact) mass is 425 g/mol. The van der Waals surface area contributed by atoms with Crippen LogP contribution in [-0.2, 0) is 9.53 Å². The van der Waals surface area contributed by atoms with Crippen LogP contribution in [0.3, 0.4) is 0 Å². The normalized spacial score (nSPS) is 11.5. The topological polar surface area (TPSA) is 138 Å². The summed E-state index contributed by atoms with van der Waals surface area (Å²) in [5.74, 6) is -0.664. The molecule has 1 amide bonds. The summed E-state index contributed by atoms with van der Waals surface area (Å²) in [5, 5.41) is 17.6. The molecule has 31 heavy (non-hydrogen) atoms. The first kappa shape index (κ1) is 21.4. The lowest BCUT2D eigenvalue weighted by atomic mass is 10.2. The number of hydrogen-bond donors (Lipinski definition) is 1. The van der Waals surface area contributed by atoms with Crippen LogP contribution in [0.4, 0.5) is 11.4 Å². The van der Waals surface area contributed by atoms with Crippen molar-refractivity contribution in [2.45, 2.75) is 20.0 Å². The second-order valence-electron chi connectivity index (χ2n) is 6.42. The first-order valence-electron chi connectivity index (χ1n) is 9.12. The highest BCUT2D eigenvalue weighted by Gasteiger charge is 2.24. The van der Waals surface area contributed by atoms with Crippen LogP contribution in [0, 0.1) is 17.0 Å². The average molecular weight is 425 g/mol. The zero-order valence-corrected chi connectivity index (χ0v) is 16.9. The second-order valence-corrected chi connectivity index (χ2v) is 6.42. The van der Waals surface area contributed by atoms with Crippen LogP contribution in [0.2, 0.25) is 0 Å². The Bertz CT molecular complexity index is 1130. The van der Waals surface area contributed by atoms with Gasteiger partial charge in [0.05, 0.1) is 29.6 Å². The Kier molecular flexibility index (Phi) is 6.24. The number of amides is 1. The van der Waals surface area contributed by atoms with Crippen LogP contribution in [0.25, 0.3) is 5.82 Å². The highest BCUT2D eigenvalue weighted by molar-refractivity contribution is 5.98. The first-order chi connectivity index (χ1) is 14.8. The molecule has 3 aromatic rings. The van der Waals surface area contributed by atoms with E-state index in [0.29, 0.717) is 11.5 Å². The third-order valence-electron chi connectivity index (χ3n) is 4.40. The molecule has 2 heterocycles. The van der Waals surface area contributed by atoms with E-state index >= 15 is 0 Å². The van der Waals surface area contributed by atoms with Crippen molar-refractivity contribution in [3.8, 4) is 11.6 Å². The van der Waals surface area contributed by atoms with Crippen molar-refractivity contribution in [2.24, 2.45) is 0 Å². The summed E-state index contributed by atoms with van der Waals surface area (Å²) >= 11 is 0. The van der Waals surface area contributed by atoms with E-state index in [4.69, 9.17) is 9.47 Å². The van der Waals surface area contributed by atoms with Gasteiger partial charge in [-0.15, -0.1) is 0 Å². The van der Waals surface area contributed by atoms with Gasteiger partial charge in [0.1, 0.15) is 11.3 Å². The van der Waals surface area contributed by atoms with E-state index in [9.17, 15) is 19.7 Å². The number of methoxy groups -OCH3 is 1. The number of hydrogen-bond acceptors (Lipinski definition) is 8. The van der Waals surface area contributed by atoms with Crippen LogP contribution >= 0.6 is 0 Å². The molecule has 0 radical (unpaired) electrons. The highest BCUT2D eigenvalue weighted by atomic mass is 16.6. The average Bonchev–Trinajstić information content (AvgIpc) is 3.15. The van der Waals surface area contributed by atoms with Crippen LogP contribution in [0.15, 0.2) is 48.8 Å². The van der Waals surface area contributed by atoms with Gasteiger partial charge >= 0.3 is 5.97 Å². The van der Waals surface area contributed by atoms with Gasteiger partial charge in [0.25, 0.3) is 11.6 Å². The standard InChI is InChI=1S/C20H19N5O6/c1-12-15(11-22-24(12)18-6-4-5-9-21-18)20(27)31-13(2)19(26)23-16-10-14(25(28)29)7-8-17(16)30-3/h4-11,13H,1-3H3,(H,23,26). The minimum absolute atomic E-state index is 0.0868. The van der Waals surface area contributed by atoms with Crippen molar-refractivity contribution in [1.82, 2.24) is 14.8 Å². The zero-order valence-electron chi connectivity index (χ0n) is 16.9. The smallest absolute Gasteiger partial charge is 0.342 e. The molecular formula is C20H19N5O6. The molecule has 11 nitrogen and oxygen atoms in total. The summed E-state index contributed by atoms with van der Waals surface area (Å²) in [7, 11) is 1.36. The number of anilines is 1. The van der Waals surface area contributed by atoms with Gasteiger partial charge in [-0.1, -0.05) is 6.07 Å². The number of rotatable bonds is 7. The Morgan fingerprint density at radius 1 is 1.26 bits per heavy atom. The molecule has 0 bridgehead atoms. The van der Waals surface area contributed by atoms with Crippen molar-refractivity contribution >= 4 is 23.3 Å². The van der Waals surface area contributed by atoms with E-state index < -0.39 is 22.9 Å². The fourth-order valence-electron chi connectivity index (χ4n) is 2.74. The number of ether oxygens (including phenoxy) is 2. The van der Waals surface area contributed by atoms with Crippen LogP contribution in [0.1, 0.15) is 23.0 Å². The molecule has 1 unspecified atom stereocenters. The number of nitrogens with zero attached hydrogens (tertiary/aromatic N) is 4. The SMILES string of the molecule is COc1ccc([N+](=O)[O-])cc1NC(=O)C(C)OC(=O)c1cnn(-c2ccccn2)c1C. The molecule has 0 aliphatic carbocycles. The van der Waals surface area contributed by atoms with E-state index in [1.807, 2.05) is 0 Å². The molecule has 0 saturated carbocycles. The molecule has 3 rings (SSSR count). The van der Waals surface area contributed by atoms with Gasteiger partial charge in [-0.05, 0) is 32.0 Å². The molecule has 0 fully saturated rings. The predicted octanol–water partition coefficient (Wildman–Crippen LogP) is 2.68. The molecule has 1 aromatic carbocycles. The number of carbonyl (C=O) groups is 2. The Hall–Kier alpha value is -4.28. The summed E-state index contributed by atoms with van der Waals surface area (Å²) in [5.41, 5.74) is 0.539. The predicted molar refractivity (Wildman–Crippen MR) is 109 cm³/mol. The van der Waals surface area contributed by atoms with E-state index in [-0.39, 0.29) is 22.7 Å². The summed E-state index contributed by atoms with van der Waals surface area (Å²) in [6.07, 6.45) is 1.75. The molecule has 1 N–H and O–H groups in total. The Morgan fingerprint density at radius 3 is 2.68 bits per heavy atom. The summed E-state index contributed by atoms with van der Waals surface area (Å²) in [4.78, 5) is 39.6. The lowest BCUT2D eigenvalue weighted by Crippen LogP contribution is -2.30. The minimum Gasteiger partial charge on any atom is -0.495 e. The highest BCUT2D eigenvalue weighted by Crippen LogP contribution is 2.29. The second kappa shape index (κ2) is 9.03. The van der Waals surface area contributed by atoms with Crippen LogP contribution < -0.4 is 10.1 Å². The van der Waals surface area contributed by atoms with Gasteiger partial charge in [0.15, 0.2) is 11.9 Å². The first-order valence-corrected chi connectivity index (χ1v) is 9.12. The maximum absolute atomic E-state index is 12.6. The van der Waals surface area contributed by atoms with Crippen molar-refractivity contribution < 1.29 is 24.0 Å². The van der Waals surface area contributed by atoms with Crippen molar-refractivity contribution in [3.63, 3.8) is 0 Å². The van der Waals surface area contributed by atoms with Crippen LogP contribution in [0.5, 0.6) is 5.75 Å². The number of nitro groups is 1. The molecule has 0 aliphatic rings. The van der Waals surface area contributed by atoms with Crippen molar-refractivity contribution in [3.05, 3.63) is 70.2 Å². The minimum atomic E-state index is -1.19. The lowest BCUT2D eigenvalue weighted by molar-refractivity contribution is -0.384. The molecule has 0 spiro atoms. The number of esters is 1. The number of benzene rings is 1. The van der Waals surface area contributed by atoms with Gasteiger partial charge in [-0.25, -0.2) is 14.5 Å². The summed E-state index contributed by atoms with van der Waals surface area (Å²) < 4.78 is 11.8. The third-order valence-corrected chi connectivity index (χ3v) is 4.40. The quantitative estimate of drug-likeness (QED) is 0.346. The van der Waals surface area contributed by atoms with E-state index in [2.05, 4.69) is 15.4 Å². The zero-order chi connectivity index (χ0) is 22.5. The number of nitro benzene ring substituents is 1. The number of nitrogens with one attached hydrogen (secondary N) is 1. The fraction of sp³-hybridized carbons (Fsp3) is 0.200. The maximum atomic E-state index is 12.6. The fourth-order valence-corrected chi connectivity index (χ4v) is 2.74. The van der Waals surface area contributed by atoms with E-state index in [1.165, 1.54) is 37.0 Å². The molecule has 11 heteroatoms. The lowest BCUT2D eigenvalue weighted by Gasteiger charge is -2.15. The van der Waals surface area contributed by atoms with Gasteiger partial charge in [-0.3, -0.25) is 14.9 Å². The van der Waals surface area contributed by atoms with E-state index in [0.717, 1.165) is 6.07 Å². The molecule has 0 saturated heterocycles. The Labute approximate surface area is 176 Å². The Balaban J connectivity index is 1.72. The van der Waals surface area contributed by atoms with Gasteiger partial charge in [-0.2, -0.15) is 5.10 Å². The largest absolute Gasteiger partial charge is 0.495 e. The van der Waals surface area contributed by atoms with Gasteiger partial charge in [0.2, 0.25) is 0 Å². The summed E-state index contributed by atoms with van der Waals surface area (Å²) in [6, 6.07) is 9.05. The number of non-ortho nitro benzene ring substituents is 1. The molecular weight excluding hydrogens is 406 g/mol. The molecule has 1 atom stereocenters. The number of aromatic nitrogens is 3.